The maximum atomic E-state index is 10.3. The van der Waals surface area contributed by atoms with Gasteiger partial charge in [0.05, 0.1) is 12.8 Å². The second-order valence-electron chi connectivity index (χ2n) is 3.78. The van der Waals surface area contributed by atoms with Gasteiger partial charge in [-0.25, -0.2) is 4.79 Å². The zero-order valence-corrected chi connectivity index (χ0v) is 10.3. The Morgan fingerprint density at radius 2 is 2.18 bits per heavy atom. The van der Waals surface area contributed by atoms with Crippen molar-refractivity contribution in [1.82, 2.24) is 0 Å². The van der Waals surface area contributed by atoms with Gasteiger partial charge in [-0.05, 0) is 31.0 Å². The van der Waals surface area contributed by atoms with Crippen LogP contribution in [0.1, 0.15) is 11.1 Å². The van der Waals surface area contributed by atoms with Crippen LogP contribution < -0.4 is 10.1 Å². The molecule has 0 radical (unpaired) electrons. The van der Waals surface area contributed by atoms with E-state index >= 15 is 0 Å². The predicted octanol–water partition coefficient (Wildman–Crippen LogP) is 2.36. The summed E-state index contributed by atoms with van der Waals surface area (Å²) in [5.74, 6) is -0.154. The molecule has 4 nitrogen and oxygen atoms in total. The first-order valence-corrected chi connectivity index (χ1v) is 5.33. The standard InChI is InChI=1S/C13H17NO3/c1-9-7-10(2)13(17-3)11(8-9)14-6-4-5-12(15)16/h4-5,7-8,14H,6H2,1-3H3,(H,15,16)/b5-4+. The lowest BCUT2D eigenvalue weighted by atomic mass is 10.1. The Bertz CT molecular complexity index is 439. The number of benzene rings is 1. The molecular weight excluding hydrogens is 218 g/mol. The van der Waals surface area contributed by atoms with Crippen molar-refractivity contribution in [3.63, 3.8) is 0 Å². The number of nitrogens with one attached hydrogen (secondary N) is 1. The number of methoxy groups -OCH3 is 1. The lowest BCUT2D eigenvalue weighted by Gasteiger charge is -2.13. The van der Waals surface area contributed by atoms with Gasteiger partial charge in [-0.2, -0.15) is 0 Å². The topological polar surface area (TPSA) is 58.6 Å². The molecule has 0 heterocycles. The van der Waals surface area contributed by atoms with Crippen LogP contribution in [0.4, 0.5) is 5.69 Å². The molecule has 0 unspecified atom stereocenters. The number of aliphatic carboxylic acids is 1. The minimum atomic E-state index is -0.945. The Morgan fingerprint density at radius 1 is 1.47 bits per heavy atom. The number of aryl methyl sites for hydroxylation is 2. The Kier molecular flexibility index (Phi) is 4.57. The zero-order valence-electron chi connectivity index (χ0n) is 10.3. The van der Waals surface area contributed by atoms with Gasteiger partial charge >= 0.3 is 5.97 Å². The molecule has 1 aromatic rings. The first kappa shape index (κ1) is 13.1. The van der Waals surface area contributed by atoms with Gasteiger partial charge in [0.2, 0.25) is 0 Å². The summed E-state index contributed by atoms with van der Waals surface area (Å²) in [7, 11) is 1.62. The van der Waals surface area contributed by atoms with E-state index in [1.807, 2.05) is 26.0 Å². The van der Waals surface area contributed by atoms with Crippen LogP contribution in [0.3, 0.4) is 0 Å². The van der Waals surface area contributed by atoms with Crippen LogP contribution in [-0.4, -0.2) is 24.7 Å². The smallest absolute Gasteiger partial charge is 0.328 e. The molecule has 0 saturated heterocycles. The molecule has 0 saturated carbocycles. The van der Waals surface area contributed by atoms with E-state index in [2.05, 4.69) is 5.32 Å². The number of ether oxygens (including phenoxy) is 1. The molecule has 17 heavy (non-hydrogen) atoms. The third-order valence-electron chi connectivity index (χ3n) is 2.29. The van der Waals surface area contributed by atoms with Crippen LogP contribution in [0.15, 0.2) is 24.3 Å². The Labute approximate surface area is 101 Å². The van der Waals surface area contributed by atoms with Crippen LogP contribution >= 0.6 is 0 Å². The van der Waals surface area contributed by atoms with E-state index in [9.17, 15) is 4.79 Å². The van der Waals surface area contributed by atoms with Crippen molar-refractivity contribution < 1.29 is 14.6 Å². The predicted molar refractivity (Wildman–Crippen MR) is 67.7 cm³/mol. The van der Waals surface area contributed by atoms with Crippen molar-refractivity contribution >= 4 is 11.7 Å². The van der Waals surface area contributed by atoms with Gasteiger partial charge in [0.15, 0.2) is 0 Å². The normalized spacial score (nSPS) is 10.5. The minimum Gasteiger partial charge on any atom is -0.494 e. The van der Waals surface area contributed by atoms with E-state index < -0.39 is 5.97 Å². The van der Waals surface area contributed by atoms with Crippen molar-refractivity contribution in [2.24, 2.45) is 0 Å². The summed E-state index contributed by atoms with van der Waals surface area (Å²) in [5, 5.41) is 11.6. The summed E-state index contributed by atoms with van der Waals surface area (Å²) >= 11 is 0. The maximum absolute atomic E-state index is 10.3. The van der Waals surface area contributed by atoms with E-state index in [4.69, 9.17) is 9.84 Å². The van der Waals surface area contributed by atoms with Crippen molar-refractivity contribution in [2.75, 3.05) is 19.0 Å². The summed E-state index contributed by atoms with van der Waals surface area (Å²) in [6, 6.07) is 4.01. The number of carboxylic acids is 1. The van der Waals surface area contributed by atoms with E-state index in [-0.39, 0.29) is 0 Å². The average molecular weight is 235 g/mol. The third kappa shape index (κ3) is 3.83. The van der Waals surface area contributed by atoms with Crippen LogP contribution in [0.25, 0.3) is 0 Å². The van der Waals surface area contributed by atoms with Crippen molar-refractivity contribution in [3.8, 4) is 5.75 Å². The maximum Gasteiger partial charge on any atom is 0.328 e. The Morgan fingerprint density at radius 3 is 2.76 bits per heavy atom. The molecule has 0 bridgehead atoms. The largest absolute Gasteiger partial charge is 0.494 e. The lowest BCUT2D eigenvalue weighted by molar-refractivity contribution is -0.131. The minimum absolute atomic E-state index is 0.450. The molecule has 0 atom stereocenters. The molecule has 0 fully saturated rings. The molecule has 0 spiro atoms. The summed E-state index contributed by atoms with van der Waals surface area (Å²) in [4.78, 5) is 10.3. The number of rotatable bonds is 5. The highest BCUT2D eigenvalue weighted by molar-refractivity contribution is 5.79. The molecule has 0 amide bonds. The van der Waals surface area contributed by atoms with E-state index in [1.165, 1.54) is 0 Å². The van der Waals surface area contributed by atoms with Gasteiger partial charge in [-0.3, -0.25) is 0 Å². The zero-order chi connectivity index (χ0) is 12.8. The molecule has 0 aliphatic carbocycles. The lowest BCUT2D eigenvalue weighted by Crippen LogP contribution is -2.03. The fourth-order valence-electron chi connectivity index (χ4n) is 1.69. The highest BCUT2D eigenvalue weighted by Crippen LogP contribution is 2.29. The quantitative estimate of drug-likeness (QED) is 0.769. The summed E-state index contributed by atoms with van der Waals surface area (Å²) in [6.07, 6.45) is 2.67. The Hall–Kier alpha value is -1.97. The molecule has 0 aliphatic heterocycles. The second kappa shape index (κ2) is 5.94. The highest BCUT2D eigenvalue weighted by atomic mass is 16.5. The first-order chi connectivity index (χ1) is 8.04. The van der Waals surface area contributed by atoms with E-state index in [0.717, 1.165) is 28.6 Å². The SMILES string of the molecule is COc1c(C)cc(C)cc1NC/C=C/C(=O)O. The second-order valence-corrected chi connectivity index (χ2v) is 3.78. The third-order valence-corrected chi connectivity index (χ3v) is 2.29. The first-order valence-electron chi connectivity index (χ1n) is 5.33. The number of carbonyl (C=O) groups is 1. The van der Waals surface area contributed by atoms with Crippen molar-refractivity contribution in [2.45, 2.75) is 13.8 Å². The van der Waals surface area contributed by atoms with Crippen LogP contribution in [0.5, 0.6) is 5.75 Å². The molecule has 92 valence electrons. The molecule has 0 aliphatic rings. The van der Waals surface area contributed by atoms with E-state index in [1.54, 1.807) is 13.2 Å². The highest BCUT2D eigenvalue weighted by Gasteiger charge is 2.06. The van der Waals surface area contributed by atoms with Gasteiger partial charge in [0.25, 0.3) is 0 Å². The summed E-state index contributed by atoms with van der Waals surface area (Å²) in [5.41, 5.74) is 3.06. The van der Waals surface area contributed by atoms with Gasteiger partial charge in [-0.15, -0.1) is 0 Å². The van der Waals surface area contributed by atoms with Gasteiger partial charge in [0, 0.05) is 12.6 Å². The summed E-state index contributed by atoms with van der Waals surface area (Å²) < 4.78 is 5.31. The molecule has 4 heteroatoms. The Balaban J connectivity index is 2.79. The fourth-order valence-corrected chi connectivity index (χ4v) is 1.69. The average Bonchev–Trinajstić information content (AvgIpc) is 2.23. The molecule has 0 aromatic heterocycles. The van der Waals surface area contributed by atoms with Crippen molar-refractivity contribution in [1.29, 1.82) is 0 Å². The van der Waals surface area contributed by atoms with Crippen LogP contribution in [-0.2, 0) is 4.79 Å². The van der Waals surface area contributed by atoms with Gasteiger partial charge in [0.1, 0.15) is 5.75 Å². The molecule has 1 aromatic carbocycles. The van der Waals surface area contributed by atoms with Crippen LogP contribution in [0.2, 0.25) is 0 Å². The number of anilines is 1. The fraction of sp³-hybridized carbons (Fsp3) is 0.308. The number of hydrogen-bond acceptors (Lipinski definition) is 3. The van der Waals surface area contributed by atoms with Crippen LogP contribution in [0, 0.1) is 13.8 Å². The number of hydrogen-bond donors (Lipinski definition) is 2. The monoisotopic (exact) mass is 235 g/mol. The molecule has 1 rings (SSSR count). The summed E-state index contributed by atoms with van der Waals surface area (Å²) in [6.45, 7) is 4.43. The van der Waals surface area contributed by atoms with Gasteiger partial charge in [-0.1, -0.05) is 12.1 Å². The molecular formula is C13H17NO3. The molecule has 2 N–H and O–H groups in total. The van der Waals surface area contributed by atoms with Crippen molar-refractivity contribution in [3.05, 3.63) is 35.4 Å². The number of carboxylic acid groups (broad SMARTS) is 1. The van der Waals surface area contributed by atoms with E-state index in [0.29, 0.717) is 6.54 Å². The van der Waals surface area contributed by atoms with Gasteiger partial charge < -0.3 is 15.2 Å².